The maximum Gasteiger partial charge on any atom is 0.412 e. The molecule has 0 bridgehead atoms. The molecule has 8 heteroatoms. The minimum Gasteiger partial charge on any atom is -0.444 e. The van der Waals surface area contributed by atoms with Gasteiger partial charge in [-0.05, 0) is 50.5 Å². The first kappa shape index (κ1) is 22.7. The van der Waals surface area contributed by atoms with Gasteiger partial charge in [-0.1, -0.05) is 19.1 Å². The van der Waals surface area contributed by atoms with Gasteiger partial charge in [-0.3, -0.25) is 5.32 Å². The molecule has 1 amide bonds. The molecule has 164 valence electrons. The van der Waals surface area contributed by atoms with E-state index < -0.39 is 11.7 Å². The third kappa shape index (κ3) is 7.32. The summed E-state index contributed by atoms with van der Waals surface area (Å²) in [6, 6.07) is 7.73. The van der Waals surface area contributed by atoms with E-state index in [0.717, 1.165) is 36.2 Å². The molecule has 0 aliphatic carbocycles. The van der Waals surface area contributed by atoms with E-state index in [0.29, 0.717) is 18.2 Å². The summed E-state index contributed by atoms with van der Waals surface area (Å²) in [5, 5.41) is 4.83. The lowest BCUT2D eigenvalue weighted by atomic mass is 10.2. The molecule has 7 nitrogen and oxygen atoms in total. The third-order valence-electron chi connectivity index (χ3n) is 4.48. The summed E-state index contributed by atoms with van der Waals surface area (Å²) in [5.41, 5.74) is 5.28. The SMILES string of the molecule is CCc1cnc(N(CCc2cscn2)Cc2ccc(NC(=O)OC(C)(C)C)cc2)nc1. The first-order chi connectivity index (χ1) is 14.8. The molecule has 0 aliphatic heterocycles. The number of ether oxygens (including phenoxy) is 1. The Morgan fingerprint density at radius 1 is 1.10 bits per heavy atom. The Labute approximate surface area is 187 Å². The highest BCUT2D eigenvalue weighted by molar-refractivity contribution is 7.07. The summed E-state index contributed by atoms with van der Waals surface area (Å²) in [6.07, 6.45) is 5.03. The number of nitrogens with zero attached hydrogens (tertiary/aromatic N) is 4. The average molecular weight is 440 g/mol. The number of aryl methyl sites for hydroxylation is 1. The normalized spacial score (nSPS) is 11.2. The van der Waals surface area contributed by atoms with E-state index in [-0.39, 0.29) is 0 Å². The fraction of sp³-hybridized carbons (Fsp3) is 0.391. The maximum atomic E-state index is 12.0. The highest BCUT2D eigenvalue weighted by Gasteiger charge is 2.16. The van der Waals surface area contributed by atoms with Gasteiger partial charge in [0.15, 0.2) is 0 Å². The molecule has 0 fully saturated rings. The van der Waals surface area contributed by atoms with Crippen molar-refractivity contribution in [2.24, 2.45) is 0 Å². The van der Waals surface area contributed by atoms with Gasteiger partial charge in [0.2, 0.25) is 5.95 Å². The van der Waals surface area contributed by atoms with Crippen LogP contribution < -0.4 is 10.2 Å². The molecule has 0 atom stereocenters. The van der Waals surface area contributed by atoms with E-state index in [1.165, 1.54) is 0 Å². The molecule has 0 spiro atoms. The fourth-order valence-corrected chi connectivity index (χ4v) is 3.48. The summed E-state index contributed by atoms with van der Waals surface area (Å²) < 4.78 is 5.30. The summed E-state index contributed by atoms with van der Waals surface area (Å²) in [5.74, 6) is 0.698. The van der Waals surface area contributed by atoms with Crippen molar-refractivity contribution in [1.29, 1.82) is 0 Å². The van der Waals surface area contributed by atoms with Gasteiger partial charge < -0.3 is 9.64 Å². The van der Waals surface area contributed by atoms with E-state index in [1.54, 1.807) is 11.3 Å². The number of hydrogen-bond donors (Lipinski definition) is 1. The number of carbonyl (C=O) groups is 1. The van der Waals surface area contributed by atoms with Gasteiger partial charge in [0.25, 0.3) is 0 Å². The lowest BCUT2D eigenvalue weighted by Gasteiger charge is -2.23. The summed E-state index contributed by atoms with van der Waals surface area (Å²) >= 11 is 1.60. The fourth-order valence-electron chi connectivity index (χ4n) is 2.89. The van der Waals surface area contributed by atoms with E-state index >= 15 is 0 Å². The van der Waals surface area contributed by atoms with E-state index in [9.17, 15) is 4.79 Å². The number of thiazole rings is 1. The highest BCUT2D eigenvalue weighted by atomic mass is 32.1. The third-order valence-corrected chi connectivity index (χ3v) is 5.11. The zero-order chi connectivity index (χ0) is 22.3. The first-order valence-corrected chi connectivity index (χ1v) is 11.3. The van der Waals surface area contributed by atoms with Gasteiger partial charge in [-0.15, -0.1) is 11.3 Å². The van der Waals surface area contributed by atoms with Gasteiger partial charge in [0, 0.05) is 43.0 Å². The molecule has 1 N–H and O–H groups in total. The Morgan fingerprint density at radius 3 is 2.39 bits per heavy atom. The van der Waals surface area contributed by atoms with E-state index in [2.05, 4.69) is 37.5 Å². The van der Waals surface area contributed by atoms with Crippen molar-refractivity contribution < 1.29 is 9.53 Å². The molecule has 1 aromatic carbocycles. The van der Waals surface area contributed by atoms with Crippen LogP contribution >= 0.6 is 11.3 Å². The Balaban J connectivity index is 1.68. The first-order valence-electron chi connectivity index (χ1n) is 10.3. The van der Waals surface area contributed by atoms with Crippen LogP contribution in [0.5, 0.6) is 0 Å². The average Bonchev–Trinajstić information content (AvgIpc) is 3.25. The van der Waals surface area contributed by atoms with E-state index in [4.69, 9.17) is 4.74 Å². The molecule has 0 saturated heterocycles. The second kappa shape index (κ2) is 10.3. The Hall–Kier alpha value is -3.00. The van der Waals surface area contributed by atoms with Crippen LogP contribution in [0.1, 0.15) is 44.5 Å². The van der Waals surface area contributed by atoms with Crippen LogP contribution in [-0.4, -0.2) is 33.2 Å². The molecule has 2 heterocycles. The molecule has 3 rings (SSSR count). The van der Waals surface area contributed by atoms with Gasteiger partial charge in [-0.25, -0.2) is 19.7 Å². The van der Waals surface area contributed by atoms with Crippen molar-refractivity contribution in [3.8, 4) is 0 Å². The molecule has 0 radical (unpaired) electrons. The zero-order valence-electron chi connectivity index (χ0n) is 18.5. The molecule has 0 unspecified atom stereocenters. The molecule has 31 heavy (non-hydrogen) atoms. The summed E-state index contributed by atoms with van der Waals surface area (Å²) in [7, 11) is 0. The van der Waals surface area contributed by atoms with E-state index in [1.807, 2.05) is 62.9 Å². The van der Waals surface area contributed by atoms with Gasteiger partial charge in [0.05, 0.1) is 11.2 Å². The number of carbonyl (C=O) groups excluding carboxylic acids is 1. The molecule has 0 aliphatic rings. The van der Waals surface area contributed by atoms with Gasteiger partial charge in [-0.2, -0.15) is 0 Å². The van der Waals surface area contributed by atoms with Crippen LogP contribution in [0.25, 0.3) is 0 Å². The van der Waals surface area contributed by atoms with Crippen LogP contribution in [0.3, 0.4) is 0 Å². The standard InChI is InChI=1S/C23H29N5O2S/c1-5-17-12-24-21(25-13-17)28(11-10-20-15-31-16-26-20)14-18-6-8-19(9-7-18)27-22(29)30-23(2,3)4/h6-9,12-13,15-16H,5,10-11,14H2,1-4H3,(H,27,29). The molecule has 3 aromatic rings. The van der Waals surface area contributed by atoms with Crippen molar-refractivity contribution in [2.45, 2.75) is 52.7 Å². The number of anilines is 2. The maximum absolute atomic E-state index is 12.0. The molecular formula is C23H29N5O2S. The summed E-state index contributed by atoms with van der Waals surface area (Å²) in [6.45, 7) is 9.02. The summed E-state index contributed by atoms with van der Waals surface area (Å²) in [4.78, 5) is 27.6. The predicted molar refractivity (Wildman–Crippen MR) is 125 cm³/mol. The van der Waals surface area contributed by atoms with Crippen LogP contribution in [0.4, 0.5) is 16.4 Å². The Kier molecular flexibility index (Phi) is 7.57. The monoisotopic (exact) mass is 439 g/mol. The quantitative estimate of drug-likeness (QED) is 0.526. The van der Waals surface area contributed by atoms with Crippen LogP contribution in [0, 0.1) is 0 Å². The topological polar surface area (TPSA) is 80.2 Å². The van der Waals surface area contributed by atoms with Crippen LogP contribution in [0.15, 0.2) is 47.5 Å². The molecule has 2 aromatic heterocycles. The van der Waals surface area contributed by atoms with Gasteiger partial charge in [0.1, 0.15) is 5.60 Å². The Bertz CT molecular complexity index is 951. The van der Waals surface area contributed by atoms with Crippen LogP contribution in [0.2, 0.25) is 0 Å². The van der Waals surface area contributed by atoms with Crippen molar-refractivity contribution in [2.75, 3.05) is 16.8 Å². The highest BCUT2D eigenvalue weighted by Crippen LogP contribution is 2.17. The smallest absolute Gasteiger partial charge is 0.412 e. The predicted octanol–water partition coefficient (Wildman–Crippen LogP) is 5.09. The Morgan fingerprint density at radius 2 is 1.81 bits per heavy atom. The molecule has 0 saturated carbocycles. The minimum absolute atomic E-state index is 0.463. The number of benzene rings is 1. The van der Waals surface area contributed by atoms with Crippen molar-refractivity contribution in [1.82, 2.24) is 15.0 Å². The lowest BCUT2D eigenvalue weighted by molar-refractivity contribution is 0.0636. The van der Waals surface area contributed by atoms with Gasteiger partial charge >= 0.3 is 6.09 Å². The van der Waals surface area contributed by atoms with Crippen molar-refractivity contribution >= 4 is 29.1 Å². The number of hydrogen-bond acceptors (Lipinski definition) is 7. The second-order valence-electron chi connectivity index (χ2n) is 8.22. The number of amides is 1. The number of rotatable bonds is 8. The van der Waals surface area contributed by atoms with Crippen LogP contribution in [-0.2, 0) is 24.1 Å². The van der Waals surface area contributed by atoms with Crippen molar-refractivity contribution in [3.63, 3.8) is 0 Å². The van der Waals surface area contributed by atoms with Crippen molar-refractivity contribution in [3.05, 3.63) is 64.4 Å². The largest absolute Gasteiger partial charge is 0.444 e. The number of aromatic nitrogens is 3. The second-order valence-corrected chi connectivity index (χ2v) is 8.94. The number of nitrogens with one attached hydrogen (secondary N) is 1. The minimum atomic E-state index is -0.533. The molecular weight excluding hydrogens is 410 g/mol. The lowest BCUT2D eigenvalue weighted by Crippen LogP contribution is -2.28. The zero-order valence-corrected chi connectivity index (χ0v) is 19.3.